The molecular formula is C14H20N4O4S. The van der Waals surface area contributed by atoms with Gasteiger partial charge in [0.25, 0.3) is 0 Å². The topological polar surface area (TPSA) is 125 Å². The molecule has 1 saturated carbocycles. The monoisotopic (exact) mass is 340 g/mol. The van der Waals surface area contributed by atoms with Gasteiger partial charge in [-0.2, -0.15) is 5.26 Å². The molecule has 1 fully saturated rings. The van der Waals surface area contributed by atoms with Crippen molar-refractivity contribution in [3.8, 4) is 6.07 Å². The van der Waals surface area contributed by atoms with Crippen molar-refractivity contribution in [3.05, 3.63) is 17.7 Å². The Morgan fingerprint density at radius 3 is 2.65 bits per heavy atom. The Labute approximate surface area is 135 Å². The van der Waals surface area contributed by atoms with Crippen molar-refractivity contribution < 1.29 is 18.3 Å². The molecule has 9 heteroatoms. The Morgan fingerprint density at radius 1 is 1.48 bits per heavy atom. The molecule has 2 rings (SSSR count). The van der Waals surface area contributed by atoms with E-state index in [4.69, 9.17) is 5.11 Å². The molecule has 1 aliphatic carbocycles. The van der Waals surface area contributed by atoms with Gasteiger partial charge in [0, 0.05) is 7.05 Å². The molecule has 1 aromatic rings. The fourth-order valence-electron chi connectivity index (χ4n) is 2.92. The van der Waals surface area contributed by atoms with Crippen molar-refractivity contribution in [2.24, 2.45) is 12.5 Å². The summed E-state index contributed by atoms with van der Waals surface area (Å²) in [7, 11) is -2.14. The summed E-state index contributed by atoms with van der Waals surface area (Å²) in [5.74, 6) is -1.05. The number of aromatic nitrogens is 2. The van der Waals surface area contributed by atoms with Crippen molar-refractivity contribution in [1.82, 2.24) is 14.3 Å². The van der Waals surface area contributed by atoms with Crippen LogP contribution in [0.3, 0.4) is 0 Å². The maximum atomic E-state index is 12.3. The first-order valence-corrected chi connectivity index (χ1v) is 9.06. The van der Waals surface area contributed by atoms with Gasteiger partial charge >= 0.3 is 5.97 Å². The first-order valence-electron chi connectivity index (χ1n) is 7.41. The molecule has 0 spiro atoms. The minimum atomic E-state index is -3.65. The van der Waals surface area contributed by atoms with Crippen LogP contribution in [0.4, 0.5) is 0 Å². The highest BCUT2D eigenvalue weighted by Gasteiger charge is 2.37. The third-order valence-corrected chi connectivity index (χ3v) is 5.78. The van der Waals surface area contributed by atoms with E-state index in [9.17, 15) is 18.5 Å². The van der Waals surface area contributed by atoms with Gasteiger partial charge in [0.05, 0.1) is 30.0 Å². The second kappa shape index (κ2) is 6.68. The molecule has 8 nitrogen and oxygen atoms in total. The average Bonchev–Trinajstić information content (AvgIpc) is 2.87. The second-order valence-electron chi connectivity index (χ2n) is 5.96. The predicted molar refractivity (Wildman–Crippen MR) is 81.9 cm³/mol. The molecule has 1 heterocycles. The van der Waals surface area contributed by atoms with Gasteiger partial charge in [0.2, 0.25) is 10.0 Å². The number of carboxylic acid groups (broad SMARTS) is 1. The maximum Gasteiger partial charge on any atom is 0.354 e. The summed E-state index contributed by atoms with van der Waals surface area (Å²) in [5.41, 5.74) is -0.835. The third-order valence-electron chi connectivity index (χ3n) is 4.27. The number of nitrogens with zero attached hydrogens (tertiary/aromatic N) is 3. The Bertz CT molecular complexity index is 726. The van der Waals surface area contributed by atoms with Crippen LogP contribution in [0.25, 0.3) is 0 Å². The van der Waals surface area contributed by atoms with E-state index < -0.39 is 21.4 Å². The van der Waals surface area contributed by atoms with Crippen molar-refractivity contribution in [2.75, 3.05) is 5.75 Å². The third kappa shape index (κ3) is 4.09. The van der Waals surface area contributed by atoms with Gasteiger partial charge in [-0.3, -0.25) is 0 Å². The van der Waals surface area contributed by atoms with Crippen LogP contribution in [0.2, 0.25) is 0 Å². The number of hydrogen-bond donors (Lipinski definition) is 2. The van der Waals surface area contributed by atoms with Gasteiger partial charge in [0.15, 0.2) is 0 Å². The second-order valence-corrected chi connectivity index (χ2v) is 7.76. The van der Waals surface area contributed by atoms with Crippen LogP contribution in [-0.2, 0) is 23.6 Å². The van der Waals surface area contributed by atoms with Crippen molar-refractivity contribution in [2.45, 2.75) is 38.6 Å². The van der Waals surface area contributed by atoms with Gasteiger partial charge in [-0.1, -0.05) is 19.3 Å². The molecule has 0 aromatic carbocycles. The Morgan fingerprint density at radius 2 is 2.13 bits per heavy atom. The number of rotatable bonds is 6. The first kappa shape index (κ1) is 17.4. The summed E-state index contributed by atoms with van der Waals surface area (Å²) in [6, 6.07) is 2.18. The molecule has 0 aliphatic heterocycles. The van der Waals surface area contributed by atoms with Crippen LogP contribution in [-0.4, -0.2) is 34.8 Å². The molecule has 1 aromatic heterocycles. The number of aromatic carboxylic acids is 1. The van der Waals surface area contributed by atoms with Crippen LogP contribution >= 0.6 is 0 Å². The number of nitriles is 1. The van der Waals surface area contributed by atoms with E-state index in [1.54, 1.807) is 0 Å². The SMILES string of the molecule is Cn1c(C(=O)O)cnc1CNS(=O)(=O)CC1(C#N)CCCCC1. The fourth-order valence-corrected chi connectivity index (χ4v) is 4.45. The zero-order chi connectivity index (χ0) is 17.1. The van der Waals surface area contributed by atoms with Crippen LogP contribution in [0.1, 0.15) is 48.4 Å². The number of carbonyl (C=O) groups is 1. The number of sulfonamides is 1. The minimum absolute atomic E-state index is 0.0139. The van der Waals surface area contributed by atoms with Crippen LogP contribution in [0, 0.1) is 16.7 Å². The largest absolute Gasteiger partial charge is 0.477 e. The highest BCUT2D eigenvalue weighted by Crippen LogP contribution is 2.36. The molecule has 0 atom stereocenters. The lowest BCUT2D eigenvalue weighted by Crippen LogP contribution is -2.37. The van der Waals surface area contributed by atoms with E-state index in [0.717, 1.165) is 19.3 Å². The highest BCUT2D eigenvalue weighted by molar-refractivity contribution is 7.89. The van der Waals surface area contributed by atoms with Crippen LogP contribution in [0.15, 0.2) is 6.20 Å². The van der Waals surface area contributed by atoms with E-state index in [2.05, 4.69) is 15.8 Å². The molecule has 0 radical (unpaired) electrons. The number of hydrogen-bond acceptors (Lipinski definition) is 5. The summed E-state index contributed by atoms with van der Waals surface area (Å²) in [6.45, 7) is -0.104. The van der Waals surface area contributed by atoms with Crippen LogP contribution < -0.4 is 4.72 Å². The Balaban J connectivity index is 2.04. The summed E-state index contributed by atoms with van der Waals surface area (Å²) in [4.78, 5) is 14.9. The lowest BCUT2D eigenvalue weighted by atomic mass is 9.77. The zero-order valence-electron chi connectivity index (χ0n) is 12.9. The van der Waals surface area contributed by atoms with Gasteiger partial charge in [-0.05, 0) is 12.8 Å². The molecule has 0 saturated heterocycles. The van der Waals surface area contributed by atoms with E-state index >= 15 is 0 Å². The smallest absolute Gasteiger partial charge is 0.354 e. The van der Waals surface area contributed by atoms with E-state index in [0.29, 0.717) is 18.7 Å². The molecule has 1 aliphatic rings. The van der Waals surface area contributed by atoms with Crippen molar-refractivity contribution in [1.29, 1.82) is 5.26 Å². The fraction of sp³-hybridized carbons (Fsp3) is 0.643. The molecule has 2 N–H and O–H groups in total. The normalized spacial score (nSPS) is 17.6. The molecular weight excluding hydrogens is 320 g/mol. The van der Waals surface area contributed by atoms with Crippen LogP contribution in [0.5, 0.6) is 0 Å². The summed E-state index contributed by atoms with van der Waals surface area (Å²) in [5, 5.41) is 18.3. The maximum absolute atomic E-state index is 12.3. The molecule has 0 bridgehead atoms. The average molecular weight is 340 g/mol. The van der Waals surface area contributed by atoms with E-state index in [1.807, 2.05) is 0 Å². The summed E-state index contributed by atoms with van der Waals surface area (Å²) < 4.78 is 28.3. The van der Waals surface area contributed by atoms with Crippen molar-refractivity contribution >= 4 is 16.0 Å². The number of carboxylic acids is 1. The minimum Gasteiger partial charge on any atom is -0.477 e. The number of nitrogens with one attached hydrogen (secondary N) is 1. The summed E-state index contributed by atoms with van der Waals surface area (Å²) in [6.07, 6.45) is 5.13. The van der Waals surface area contributed by atoms with E-state index in [-0.39, 0.29) is 18.0 Å². The predicted octanol–water partition coefficient (Wildman–Crippen LogP) is 1.01. The van der Waals surface area contributed by atoms with Crippen molar-refractivity contribution in [3.63, 3.8) is 0 Å². The van der Waals surface area contributed by atoms with Gasteiger partial charge < -0.3 is 9.67 Å². The number of imidazole rings is 1. The van der Waals surface area contributed by atoms with Gasteiger partial charge in [-0.15, -0.1) is 0 Å². The lowest BCUT2D eigenvalue weighted by molar-refractivity contribution is 0.0686. The highest BCUT2D eigenvalue weighted by atomic mass is 32.2. The molecule has 0 unspecified atom stereocenters. The zero-order valence-corrected chi connectivity index (χ0v) is 13.8. The Hall–Kier alpha value is -1.92. The molecule has 126 valence electrons. The van der Waals surface area contributed by atoms with Gasteiger partial charge in [0.1, 0.15) is 11.5 Å². The lowest BCUT2D eigenvalue weighted by Gasteiger charge is -2.30. The first-order chi connectivity index (χ1) is 10.8. The Kier molecular flexibility index (Phi) is 5.06. The summed E-state index contributed by atoms with van der Waals surface area (Å²) >= 11 is 0. The molecule has 23 heavy (non-hydrogen) atoms. The standard InChI is InChI=1S/C14H20N4O4S/c1-18-11(13(19)20)7-16-12(18)8-17-23(21,22)10-14(9-15)5-3-2-4-6-14/h7,17H,2-6,8,10H2,1H3,(H,19,20). The van der Waals surface area contributed by atoms with E-state index in [1.165, 1.54) is 17.8 Å². The van der Waals surface area contributed by atoms with Gasteiger partial charge in [-0.25, -0.2) is 22.9 Å². The quantitative estimate of drug-likeness (QED) is 0.796. The molecule has 0 amide bonds.